The smallest absolute Gasteiger partial charge is 0.341 e. The number of hydrogen-bond donors (Lipinski definition) is 3. The molecule has 21 heavy (non-hydrogen) atoms. The normalized spacial score (nSPS) is 10.1. The number of aromatic nitrogens is 1. The lowest BCUT2D eigenvalue weighted by Gasteiger charge is -2.06. The lowest BCUT2D eigenvalue weighted by molar-refractivity contribution is -0.139. The van der Waals surface area contributed by atoms with Gasteiger partial charge in [-0.2, -0.15) is 0 Å². The Hall–Kier alpha value is -2.45. The third-order valence-electron chi connectivity index (χ3n) is 2.43. The molecule has 0 atom stereocenters. The van der Waals surface area contributed by atoms with Crippen molar-refractivity contribution in [3.63, 3.8) is 0 Å². The molecule has 0 saturated carbocycles. The number of carboxylic acid groups (broad SMARTS) is 1. The van der Waals surface area contributed by atoms with Crippen molar-refractivity contribution in [2.24, 2.45) is 5.73 Å². The lowest BCUT2D eigenvalue weighted by atomic mass is 10.3. The molecule has 0 radical (unpaired) electrons. The first-order chi connectivity index (χ1) is 10.1. The number of nitrogens with one attached hydrogen (secondary N) is 1. The van der Waals surface area contributed by atoms with Crippen molar-refractivity contribution in [2.75, 3.05) is 11.9 Å². The summed E-state index contributed by atoms with van der Waals surface area (Å²) in [4.78, 5) is 26.4. The largest absolute Gasteiger partial charge is 0.482 e. The zero-order chi connectivity index (χ0) is 15.2. The SMILES string of the molecule is NCc1nc(C(=O)Nc2ccc(OCC(=O)O)cc2)cs1. The molecular weight excluding hydrogens is 294 g/mol. The van der Waals surface area contributed by atoms with Crippen LogP contribution in [0.3, 0.4) is 0 Å². The van der Waals surface area contributed by atoms with Crippen LogP contribution in [0, 0.1) is 0 Å². The number of nitrogens with zero attached hydrogens (tertiary/aromatic N) is 1. The summed E-state index contributed by atoms with van der Waals surface area (Å²) in [7, 11) is 0. The van der Waals surface area contributed by atoms with Gasteiger partial charge in [-0.3, -0.25) is 4.79 Å². The molecule has 0 aliphatic carbocycles. The highest BCUT2D eigenvalue weighted by molar-refractivity contribution is 7.09. The fraction of sp³-hybridized carbons (Fsp3) is 0.154. The average Bonchev–Trinajstić information content (AvgIpc) is 2.95. The predicted molar refractivity (Wildman–Crippen MR) is 77.5 cm³/mol. The summed E-state index contributed by atoms with van der Waals surface area (Å²) in [6.45, 7) is -0.111. The Labute approximate surface area is 124 Å². The molecule has 0 saturated heterocycles. The van der Waals surface area contributed by atoms with Crippen molar-refractivity contribution in [1.29, 1.82) is 0 Å². The molecule has 0 fully saturated rings. The molecule has 0 aliphatic rings. The fourth-order valence-corrected chi connectivity index (χ4v) is 2.14. The molecule has 8 heteroatoms. The monoisotopic (exact) mass is 307 g/mol. The van der Waals surface area contributed by atoms with E-state index in [2.05, 4.69) is 10.3 Å². The maximum atomic E-state index is 11.9. The molecule has 0 bridgehead atoms. The second-order valence-corrected chi connectivity index (χ2v) is 4.93. The van der Waals surface area contributed by atoms with Crippen molar-refractivity contribution in [1.82, 2.24) is 4.98 Å². The maximum Gasteiger partial charge on any atom is 0.341 e. The van der Waals surface area contributed by atoms with E-state index in [0.29, 0.717) is 28.7 Å². The summed E-state index contributed by atoms with van der Waals surface area (Å²) in [5.74, 6) is -0.966. The van der Waals surface area contributed by atoms with Gasteiger partial charge in [-0.1, -0.05) is 0 Å². The Kier molecular flexibility index (Phi) is 4.85. The molecule has 2 rings (SSSR count). The van der Waals surface area contributed by atoms with Gasteiger partial charge in [0.25, 0.3) is 5.91 Å². The van der Waals surface area contributed by atoms with Crippen LogP contribution < -0.4 is 15.8 Å². The number of anilines is 1. The van der Waals surface area contributed by atoms with Gasteiger partial charge in [0.15, 0.2) is 6.61 Å². The van der Waals surface area contributed by atoms with Gasteiger partial charge in [0.05, 0.1) is 0 Å². The summed E-state index contributed by atoms with van der Waals surface area (Å²) in [6.07, 6.45) is 0. The minimum absolute atomic E-state index is 0.299. The summed E-state index contributed by atoms with van der Waals surface area (Å²) >= 11 is 1.33. The van der Waals surface area contributed by atoms with Gasteiger partial charge in [-0.25, -0.2) is 9.78 Å². The van der Waals surface area contributed by atoms with E-state index >= 15 is 0 Å². The Morgan fingerprint density at radius 3 is 2.62 bits per heavy atom. The molecule has 4 N–H and O–H groups in total. The summed E-state index contributed by atoms with van der Waals surface area (Å²) in [5, 5.41) is 13.5. The molecule has 2 aromatic rings. The predicted octanol–water partition coefficient (Wildman–Crippen LogP) is 1.32. The van der Waals surface area contributed by atoms with Gasteiger partial charge in [-0.15, -0.1) is 11.3 Å². The third kappa shape index (κ3) is 4.26. The van der Waals surface area contributed by atoms with Crippen LogP contribution in [0.25, 0.3) is 0 Å². The van der Waals surface area contributed by atoms with Crippen LogP contribution in [-0.2, 0) is 11.3 Å². The van der Waals surface area contributed by atoms with Gasteiger partial charge in [0.2, 0.25) is 0 Å². The highest BCUT2D eigenvalue weighted by Crippen LogP contribution is 2.17. The van der Waals surface area contributed by atoms with Gasteiger partial charge in [0.1, 0.15) is 16.5 Å². The van der Waals surface area contributed by atoms with Crippen LogP contribution in [0.15, 0.2) is 29.6 Å². The number of aliphatic carboxylic acids is 1. The number of amides is 1. The lowest BCUT2D eigenvalue weighted by Crippen LogP contribution is -2.13. The second-order valence-electron chi connectivity index (χ2n) is 3.99. The van der Waals surface area contributed by atoms with Crippen LogP contribution in [0.4, 0.5) is 5.69 Å². The Balaban J connectivity index is 1.96. The van der Waals surface area contributed by atoms with Crippen molar-refractivity contribution in [3.8, 4) is 5.75 Å². The molecule has 0 spiro atoms. The molecule has 1 heterocycles. The number of benzene rings is 1. The minimum atomic E-state index is -1.05. The number of rotatable bonds is 6. The maximum absolute atomic E-state index is 11.9. The number of hydrogen-bond acceptors (Lipinski definition) is 6. The Morgan fingerprint density at radius 2 is 2.05 bits per heavy atom. The van der Waals surface area contributed by atoms with Crippen LogP contribution in [0.1, 0.15) is 15.5 Å². The second kappa shape index (κ2) is 6.82. The van der Waals surface area contributed by atoms with Gasteiger partial charge >= 0.3 is 5.97 Å². The molecule has 0 aliphatic heterocycles. The van der Waals surface area contributed by atoms with Gasteiger partial charge in [0, 0.05) is 17.6 Å². The van der Waals surface area contributed by atoms with Crippen molar-refractivity contribution in [3.05, 3.63) is 40.3 Å². The zero-order valence-electron chi connectivity index (χ0n) is 10.9. The number of carbonyl (C=O) groups is 2. The first-order valence-corrected chi connectivity index (χ1v) is 6.87. The van der Waals surface area contributed by atoms with E-state index in [1.807, 2.05) is 0 Å². The topological polar surface area (TPSA) is 115 Å². The molecular formula is C13H13N3O4S. The van der Waals surface area contributed by atoms with Gasteiger partial charge < -0.3 is 20.9 Å². The Morgan fingerprint density at radius 1 is 1.33 bits per heavy atom. The summed E-state index contributed by atoms with van der Waals surface area (Å²) < 4.78 is 4.99. The van der Waals surface area contributed by atoms with E-state index < -0.39 is 12.6 Å². The van der Waals surface area contributed by atoms with Crippen LogP contribution in [0.2, 0.25) is 0 Å². The first-order valence-electron chi connectivity index (χ1n) is 5.99. The number of carboxylic acids is 1. The van der Waals surface area contributed by atoms with Crippen molar-refractivity contribution in [2.45, 2.75) is 6.54 Å². The molecule has 7 nitrogen and oxygen atoms in total. The first kappa shape index (κ1) is 14.9. The molecule has 0 unspecified atom stereocenters. The molecule has 1 amide bonds. The van der Waals surface area contributed by atoms with E-state index in [1.54, 1.807) is 29.6 Å². The van der Waals surface area contributed by atoms with E-state index in [-0.39, 0.29) is 5.91 Å². The number of nitrogens with two attached hydrogens (primary N) is 1. The quantitative estimate of drug-likeness (QED) is 0.741. The van der Waals surface area contributed by atoms with E-state index in [4.69, 9.17) is 15.6 Å². The van der Waals surface area contributed by atoms with E-state index in [9.17, 15) is 9.59 Å². The van der Waals surface area contributed by atoms with E-state index in [0.717, 1.165) is 0 Å². The standard InChI is InChI=1S/C13H13N3O4S/c14-5-11-16-10(7-21-11)13(19)15-8-1-3-9(4-2-8)20-6-12(17)18/h1-4,7H,5-6,14H2,(H,15,19)(H,17,18). The zero-order valence-corrected chi connectivity index (χ0v) is 11.7. The minimum Gasteiger partial charge on any atom is -0.482 e. The summed E-state index contributed by atoms with van der Waals surface area (Å²) in [6, 6.07) is 6.38. The van der Waals surface area contributed by atoms with Crippen molar-refractivity contribution < 1.29 is 19.4 Å². The molecule has 1 aromatic heterocycles. The van der Waals surface area contributed by atoms with Crippen LogP contribution >= 0.6 is 11.3 Å². The average molecular weight is 307 g/mol. The van der Waals surface area contributed by atoms with Crippen molar-refractivity contribution >= 4 is 28.9 Å². The number of carbonyl (C=O) groups excluding carboxylic acids is 1. The molecule has 110 valence electrons. The third-order valence-corrected chi connectivity index (χ3v) is 3.30. The van der Waals surface area contributed by atoms with Crippen LogP contribution in [0.5, 0.6) is 5.75 Å². The Bertz CT molecular complexity index is 639. The number of thiazole rings is 1. The van der Waals surface area contributed by atoms with Crippen LogP contribution in [-0.4, -0.2) is 28.6 Å². The number of ether oxygens (including phenoxy) is 1. The highest BCUT2D eigenvalue weighted by Gasteiger charge is 2.10. The fourth-order valence-electron chi connectivity index (χ4n) is 1.48. The van der Waals surface area contributed by atoms with Gasteiger partial charge in [-0.05, 0) is 24.3 Å². The summed E-state index contributed by atoms with van der Waals surface area (Å²) in [5.41, 5.74) is 6.31. The highest BCUT2D eigenvalue weighted by atomic mass is 32.1. The van der Waals surface area contributed by atoms with E-state index in [1.165, 1.54) is 11.3 Å². The molecule has 1 aromatic carbocycles.